The molecule has 1 amide bonds. The van der Waals surface area contributed by atoms with Crippen molar-refractivity contribution in [2.75, 3.05) is 26.6 Å². The molecule has 1 rings (SSSR count). The lowest BCUT2D eigenvalue weighted by Crippen LogP contribution is -2.11. The molecule has 1 N–H and O–H groups in total. The molecule has 0 saturated carbocycles. The Kier molecular flexibility index (Phi) is 15.7. The van der Waals surface area contributed by atoms with Crippen LogP contribution in [-0.2, 0) is 4.79 Å². The van der Waals surface area contributed by atoms with Crippen molar-refractivity contribution in [2.45, 2.75) is 84.0 Å². The van der Waals surface area contributed by atoms with Crippen molar-refractivity contribution in [2.24, 2.45) is 0 Å². The number of allylic oxidation sites excluding steroid dienone is 4. The lowest BCUT2D eigenvalue weighted by Gasteiger charge is -2.14. The Labute approximate surface area is 195 Å². The van der Waals surface area contributed by atoms with Crippen LogP contribution >= 0.6 is 0 Å². The number of rotatable bonds is 18. The van der Waals surface area contributed by atoms with Gasteiger partial charge in [0.05, 0.1) is 21.3 Å². The molecule has 0 atom stereocenters. The first-order valence-corrected chi connectivity index (χ1v) is 12.1. The molecule has 0 aliphatic rings. The number of benzene rings is 1. The molecule has 1 aromatic carbocycles. The molecule has 0 aliphatic carbocycles. The summed E-state index contributed by atoms with van der Waals surface area (Å²) in [6.45, 7) is 2.24. The highest BCUT2D eigenvalue weighted by Crippen LogP contribution is 2.39. The van der Waals surface area contributed by atoms with Crippen LogP contribution in [0.3, 0.4) is 0 Å². The fourth-order valence-corrected chi connectivity index (χ4v) is 3.47. The van der Waals surface area contributed by atoms with Gasteiger partial charge in [-0.3, -0.25) is 4.79 Å². The van der Waals surface area contributed by atoms with Crippen LogP contribution in [0.4, 0.5) is 5.69 Å². The Morgan fingerprint density at radius 2 is 1.34 bits per heavy atom. The second-order valence-corrected chi connectivity index (χ2v) is 7.94. The van der Waals surface area contributed by atoms with E-state index in [1.165, 1.54) is 44.9 Å². The van der Waals surface area contributed by atoms with Gasteiger partial charge in [0.25, 0.3) is 0 Å². The second-order valence-electron chi connectivity index (χ2n) is 7.94. The maximum atomic E-state index is 12.3. The van der Waals surface area contributed by atoms with Crippen molar-refractivity contribution in [1.29, 1.82) is 0 Å². The molecule has 5 heteroatoms. The van der Waals surface area contributed by atoms with E-state index in [1.54, 1.807) is 33.5 Å². The van der Waals surface area contributed by atoms with Crippen LogP contribution in [0.1, 0.15) is 84.0 Å². The van der Waals surface area contributed by atoms with Crippen molar-refractivity contribution < 1.29 is 19.0 Å². The molecular formula is C27H43NO4. The van der Waals surface area contributed by atoms with Gasteiger partial charge >= 0.3 is 0 Å². The SMILES string of the molecule is CCCCC/C=C\C/C=C\CCCCCCCC(=O)Nc1cc(OC)c(OC)c(OC)c1. The summed E-state index contributed by atoms with van der Waals surface area (Å²) in [5.74, 6) is 1.57. The highest BCUT2D eigenvalue weighted by atomic mass is 16.5. The van der Waals surface area contributed by atoms with Gasteiger partial charge < -0.3 is 19.5 Å². The Morgan fingerprint density at radius 1 is 0.781 bits per heavy atom. The van der Waals surface area contributed by atoms with E-state index in [4.69, 9.17) is 14.2 Å². The number of amides is 1. The Balaban J connectivity index is 2.14. The van der Waals surface area contributed by atoms with Gasteiger partial charge in [-0.25, -0.2) is 0 Å². The number of unbranched alkanes of at least 4 members (excludes halogenated alkanes) is 8. The quantitative estimate of drug-likeness (QED) is 0.188. The fraction of sp³-hybridized carbons (Fsp3) is 0.593. The molecule has 0 unspecified atom stereocenters. The summed E-state index contributed by atoms with van der Waals surface area (Å²) in [6.07, 6.45) is 22.6. The summed E-state index contributed by atoms with van der Waals surface area (Å²) in [5, 5.41) is 2.92. The normalized spacial score (nSPS) is 11.2. The Morgan fingerprint density at radius 3 is 1.91 bits per heavy atom. The third-order valence-corrected chi connectivity index (χ3v) is 5.30. The average molecular weight is 446 g/mol. The first-order chi connectivity index (χ1) is 15.7. The summed E-state index contributed by atoms with van der Waals surface area (Å²) < 4.78 is 16.0. The zero-order valence-electron chi connectivity index (χ0n) is 20.6. The average Bonchev–Trinajstić information content (AvgIpc) is 2.80. The molecule has 0 radical (unpaired) electrons. The van der Waals surface area contributed by atoms with E-state index in [0.717, 1.165) is 25.7 Å². The summed E-state index contributed by atoms with van der Waals surface area (Å²) in [4.78, 5) is 12.3. The molecule has 0 bridgehead atoms. The summed E-state index contributed by atoms with van der Waals surface area (Å²) in [6, 6.07) is 3.49. The predicted octanol–water partition coefficient (Wildman–Crippen LogP) is 7.46. The minimum atomic E-state index is 0.00459. The molecule has 0 saturated heterocycles. The third kappa shape index (κ3) is 11.8. The number of anilines is 1. The van der Waals surface area contributed by atoms with Crippen LogP contribution in [-0.4, -0.2) is 27.2 Å². The number of hydrogen-bond donors (Lipinski definition) is 1. The van der Waals surface area contributed by atoms with Gasteiger partial charge in [-0.05, 0) is 38.5 Å². The number of carbonyl (C=O) groups excluding carboxylic acids is 1. The van der Waals surface area contributed by atoms with Crippen molar-refractivity contribution in [1.82, 2.24) is 0 Å². The predicted molar refractivity (Wildman–Crippen MR) is 134 cm³/mol. The maximum Gasteiger partial charge on any atom is 0.224 e. The van der Waals surface area contributed by atoms with Crippen molar-refractivity contribution >= 4 is 11.6 Å². The third-order valence-electron chi connectivity index (χ3n) is 5.30. The standard InChI is InChI=1S/C27H43NO4/c1-5-6-7-8-9-10-11-12-13-14-15-16-17-18-19-20-26(29)28-23-21-24(30-2)27(32-4)25(22-23)31-3/h9-10,12-13,21-22H,5-8,11,14-20H2,1-4H3,(H,28,29)/b10-9-,13-12-. The zero-order valence-corrected chi connectivity index (χ0v) is 20.6. The van der Waals surface area contributed by atoms with E-state index in [0.29, 0.717) is 29.4 Å². The molecular weight excluding hydrogens is 402 g/mol. The highest BCUT2D eigenvalue weighted by Gasteiger charge is 2.14. The van der Waals surface area contributed by atoms with Gasteiger partial charge in [0.2, 0.25) is 11.7 Å². The van der Waals surface area contributed by atoms with Gasteiger partial charge in [-0.1, -0.05) is 63.3 Å². The van der Waals surface area contributed by atoms with Gasteiger partial charge in [0, 0.05) is 24.2 Å². The van der Waals surface area contributed by atoms with Gasteiger partial charge in [0.15, 0.2) is 11.5 Å². The lowest BCUT2D eigenvalue weighted by molar-refractivity contribution is -0.116. The van der Waals surface area contributed by atoms with Gasteiger partial charge in [-0.2, -0.15) is 0 Å². The summed E-state index contributed by atoms with van der Waals surface area (Å²) in [7, 11) is 4.68. The summed E-state index contributed by atoms with van der Waals surface area (Å²) >= 11 is 0. The monoisotopic (exact) mass is 445 g/mol. The van der Waals surface area contributed by atoms with E-state index in [2.05, 4.69) is 36.5 Å². The van der Waals surface area contributed by atoms with Crippen LogP contribution in [0.5, 0.6) is 17.2 Å². The molecule has 0 spiro atoms. The number of carbonyl (C=O) groups is 1. The second kappa shape index (κ2) is 18.2. The maximum absolute atomic E-state index is 12.3. The van der Waals surface area contributed by atoms with E-state index in [9.17, 15) is 4.79 Å². The van der Waals surface area contributed by atoms with E-state index < -0.39 is 0 Å². The Bertz CT molecular complexity index is 672. The largest absolute Gasteiger partial charge is 0.493 e. The number of methoxy groups -OCH3 is 3. The molecule has 5 nitrogen and oxygen atoms in total. The molecule has 180 valence electrons. The van der Waals surface area contributed by atoms with Crippen molar-refractivity contribution in [3.8, 4) is 17.2 Å². The molecule has 32 heavy (non-hydrogen) atoms. The van der Waals surface area contributed by atoms with Gasteiger partial charge in [0.1, 0.15) is 0 Å². The first-order valence-electron chi connectivity index (χ1n) is 12.1. The molecule has 0 aromatic heterocycles. The number of hydrogen-bond acceptors (Lipinski definition) is 4. The fourth-order valence-electron chi connectivity index (χ4n) is 3.47. The zero-order chi connectivity index (χ0) is 23.4. The van der Waals surface area contributed by atoms with Crippen LogP contribution in [0.15, 0.2) is 36.4 Å². The van der Waals surface area contributed by atoms with Crippen molar-refractivity contribution in [3.63, 3.8) is 0 Å². The number of nitrogens with one attached hydrogen (secondary N) is 1. The lowest BCUT2D eigenvalue weighted by atomic mass is 10.1. The van der Waals surface area contributed by atoms with Crippen molar-refractivity contribution in [3.05, 3.63) is 36.4 Å². The molecule has 0 heterocycles. The summed E-state index contributed by atoms with van der Waals surface area (Å²) in [5.41, 5.74) is 0.645. The highest BCUT2D eigenvalue weighted by molar-refractivity contribution is 5.91. The molecule has 1 aromatic rings. The van der Waals surface area contributed by atoms with Crippen LogP contribution in [0.25, 0.3) is 0 Å². The minimum Gasteiger partial charge on any atom is -0.493 e. The van der Waals surface area contributed by atoms with E-state index >= 15 is 0 Å². The number of ether oxygens (including phenoxy) is 3. The van der Waals surface area contributed by atoms with Gasteiger partial charge in [-0.15, -0.1) is 0 Å². The van der Waals surface area contributed by atoms with Crippen LogP contribution < -0.4 is 19.5 Å². The molecule has 0 aliphatic heterocycles. The van der Waals surface area contributed by atoms with E-state index in [1.807, 2.05) is 0 Å². The van der Waals surface area contributed by atoms with Crippen LogP contribution in [0, 0.1) is 0 Å². The Hall–Kier alpha value is -2.43. The molecule has 0 fully saturated rings. The first kappa shape index (κ1) is 27.6. The van der Waals surface area contributed by atoms with E-state index in [-0.39, 0.29) is 5.91 Å². The smallest absolute Gasteiger partial charge is 0.224 e. The van der Waals surface area contributed by atoms with Crippen LogP contribution in [0.2, 0.25) is 0 Å². The minimum absolute atomic E-state index is 0.00459. The topological polar surface area (TPSA) is 56.8 Å².